The monoisotopic (exact) mass is 294 g/mol. The van der Waals surface area contributed by atoms with E-state index >= 15 is 0 Å². The summed E-state index contributed by atoms with van der Waals surface area (Å²) in [7, 11) is 0. The van der Waals surface area contributed by atoms with E-state index in [1.165, 1.54) is 56.2 Å². The molecule has 1 aromatic rings. The second-order valence-electron chi connectivity index (χ2n) is 8.57. The molecule has 2 nitrogen and oxygen atoms in total. The number of rotatable bonds is 3. The third-order valence-electron chi connectivity index (χ3n) is 6.76. The van der Waals surface area contributed by atoms with Crippen LogP contribution in [-0.4, -0.2) is 5.71 Å². The van der Waals surface area contributed by atoms with E-state index in [4.69, 9.17) is 5.10 Å². The second-order valence-corrected chi connectivity index (χ2v) is 8.57. The number of hydrazone groups is 1. The van der Waals surface area contributed by atoms with Crippen LogP contribution in [0.4, 0.5) is 0 Å². The maximum Gasteiger partial charge on any atom is 0.0742 e. The first-order valence-corrected chi connectivity index (χ1v) is 9.14. The van der Waals surface area contributed by atoms with E-state index in [9.17, 15) is 0 Å². The number of hydrogen-bond donors (Lipinski definition) is 1. The molecule has 6 rings (SSSR count). The Kier molecular flexibility index (Phi) is 2.90. The lowest BCUT2D eigenvalue weighted by molar-refractivity contribution is -0.0483. The van der Waals surface area contributed by atoms with Crippen molar-refractivity contribution < 1.29 is 0 Å². The molecule has 5 aliphatic rings. The Balaban J connectivity index is 1.29. The molecule has 0 amide bonds. The highest BCUT2D eigenvalue weighted by atomic mass is 15.3. The molecule has 0 spiro atoms. The SMILES string of the molecule is c1ccc(C2CC(CC34CC5CC(CC(C5)C3)C4)=NN2)cc1. The molecular formula is C20H26N2. The maximum atomic E-state index is 4.74. The molecule has 1 N–H and O–H groups in total. The van der Waals surface area contributed by atoms with Crippen molar-refractivity contribution >= 4 is 5.71 Å². The van der Waals surface area contributed by atoms with Gasteiger partial charge in [0.2, 0.25) is 0 Å². The summed E-state index contributed by atoms with van der Waals surface area (Å²) >= 11 is 0. The van der Waals surface area contributed by atoms with Crippen LogP contribution in [0.2, 0.25) is 0 Å². The third kappa shape index (κ3) is 2.19. The predicted molar refractivity (Wildman–Crippen MR) is 89.6 cm³/mol. The molecular weight excluding hydrogens is 268 g/mol. The molecule has 1 atom stereocenters. The largest absolute Gasteiger partial charge is 0.302 e. The smallest absolute Gasteiger partial charge is 0.0742 e. The minimum atomic E-state index is 0.408. The van der Waals surface area contributed by atoms with Gasteiger partial charge in [-0.2, -0.15) is 5.10 Å². The van der Waals surface area contributed by atoms with Crippen molar-refractivity contribution in [3.8, 4) is 0 Å². The van der Waals surface area contributed by atoms with E-state index in [0.717, 1.165) is 24.2 Å². The quantitative estimate of drug-likeness (QED) is 0.859. The zero-order valence-corrected chi connectivity index (χ0v) is 13.3. The minimum absolute atomic E-state index is 0.408. The normalized spacial score (nSPS) is 42.3. The van der Waals surface area contributed by atoms with Crippen molar-refractivity contribution in [1.82, 2.24) is 5.43 Å². The Morgan fingerprint density at radius 1 is 0.955 bits per heavy atom. The van der Waals surface area contributed by atoms with Crippen molar-refractivity contribution in [2.45, 2.75) is 57.4 Å². The summed E-state index contributed by atoms with van der Waals surface area (Å²) < 4.78 is 0. The fraction of sp³-hybridized carbons (Fsp3) is 0.650. The van der Waals surface area contributed by atoms with Gasteiger partial charge in [-0.25, -0.2) is 0 Å². The van der Waals surface area contributed by atoms with Crippen LogP contribution in [0.15, 0.2) is 35.4 Å². The van der Waals surface area contributed by atoms with Crippen LogP contribution < -0.4 is 5.43 Å². The summed E-state index contributed by atoms with van der Waals surface area (Å²) in [5.41, 5.74) is 6.84. The molecule has 4 aliphatic carbocycles. The van der Waals surface area contributed by atoms with Crippen LogP contribution in [0.3, 0.4) is 0 Å². The van der Waals surface area contributed by atoms with Gasteiger partial charge in [0.1, 0.15) is 0 Å². The summed E-state index contributed by atoms with van der Waals surface area (Å²) in [5, 5.41) is 4.74. The fourth-order valence-electron chi connectivity index (χ4n) is 6.42. The molecule has 1 aromatic carbocycles. The average molecular weight is 294 g/mol. The van der Waals surface area contributed by atoms with Crippen LogP contribution >= 0.6 is 0 Å². The first kappa shape index (κ1) is 13.2. The van der Waals surface area contributed by atoms with Crippen LogP contribution in [0.5, 0.6) is 0 Å². The lowest BCUT2D eigenvalue weighted by Gasteiger charge is -2.57. The summed E-state index contributed by atoms with van der Waals surface area (Å²) in [6, 6.07) is 11.2. The Bertz CT molecular complexity index is 554. The van der Waals surface area contributed by atoms with Gasteiger partial charge in [-0.15, -0.1) is 0 Å². The molecule has 1 unspecified atom stereocenters. The predicted octanol–water partition coefficient (Wildman–Crippen LogP) is 4.68. The number of hydrogen-bond acceptors (Lipinski definition) is 2. The van der Waals surface area contributed by atoms with E-state index in [2.05, 4.69) is 35.8 Å². The molecule has 2 heteroatoms. The molecule has 1 aliphatic heterocycles. The maximum absolute atomic E-state index is 4.74. The van der Waals surface area contributed by atoms with Gasteiger partial charge in [0.25, 0.3) is 0 Å². The van der Waals surface area contributed by atoms with E-state index in [1.54, 1.807) is 0 Å². The van der Waals surface area contributed by atoms with Gasteiger partial charge in [0.05, 0.1) is 6.04 Å². The molecule has 1 heterocycles. The van der Waals surface area contributed by atoms with Crippen LogP contribution in [0.25, 0.3) is 0 Å². The highest BCUT2D eigenvalue weighted by Gasteiger charge is 2.51. The molecule has 22 heavy (non-hydrogen) atoms. The van der Waals surface area contributed by atoms with Gasteiger partial charge in [0, 0.05) is 12.1 Å². The fourth-order valence-corrected chi connectivity index (χ4v) is 6.42. The number of nitrogens with zero attached hydrogens (tertiary/aromatic N) is 1. The molecule has 4 saturated carbocycles. The van der Waals surface area contributed by atoms with Crippen LogP contribution in [0.1, 0.15) is 63.0 Å². The van der Waals surface area contributed by atoms with Gasteiger partial charge in [-0.05, 0) is 73.7 Å². The topological polar surface area (TPSA) is 24.4 Å². The zero-order valence-electron chi connectivity index (χ0n) is 13.3. The van der Waals surface area contributed by atoms with Crippen molar-refractivity contribution in [3.63, 3.8) is 0 Å². The Hall–Kier alpha value is -1.31. The van der Waals surface area contributed by atoms with Crippen LogP contribution in [-0.2, 0) is 0 Å². The van der Waals surface area contributed by atoms with E-state index in [0.29, 0.717) is 11.5 Å². The van der Waals surface area contributed by atoms with E-state index < -0.39 is 0 Å². The third-order valence-corrected chi connectivity index (χ3v) is 6.76. The minimum Gasteiger partial charge on any atom is -0.302 e. The highest BCUT2D eigenvalue weighted by molar-refractivity contribution is 5.87. The Morgan fingerprint density at radius 2 is 1.59 bits per heavy atom. The lowest BCUT2D eigenvalue weighted by Crippen LogP contribution is -2.46. The first-order valence-electron chi connectivity index (χ1n) is 9.14. The van der Waals surface area contributed by atoms with Gasteiger partial charge in [-0.3, -0.25) is 0 Å². The Morgan fingerprint density at radius 3 is 2.23 bits per heavy atom. The molecule has 4 bridgehead atoms. The van der Waals surface area contributed by atoms with Crippen molar-refractivity contribution in [2.75, 3.05) is 0 Å². The standard InChI is InChI=1S/C20H26N2/c1-2-4-17(5-3-1)19-9-18(21-22-19)13-20-10-14-6-15(11-20)8-16(7-14)12-20/h1-5,14-16,19,22H,6-13H2. The average Bonchev–Trinajstić information content (AvgIpc) is 2.94. The van der Waals surface area contributed by atoms with E-state index in [-0.39, 0.29) is 0 Å². The van der Waals surface area contributed by atoms with Crippen molar-refractivity contribution in [3.05, 3.63) is 35.9 Å². The first-order chi connectivity index (χ1) is 10.8. The molecule has 0 saturated heterocycles. The van der Waals surface area contributed by atoms with Crippen LogP contribution in [0, 0.1) is 23.2 Å². The van der Waals surface area contributed by atoms with Gasteiger partial charge < -0.3 is 5.43 Å². The molecule has 0 radical (unpaired) electrons. The molecule has 0 aromatic heterocycles. The summed E-state index contributed by atoms with van der Waals surface area (Å²) in [5.74, 6) is 3.14. The molecule has 4 fully saturated rings. The summed E-state index contributed by atoms with van der Waals surface area (Å²) in [6.45, 7) is 0. The highest BCUT2D eigenvalue weighted by Crippen LogP contribution is 2.61. The van der Waals surface area contributed by atoms with Crippen molar-refractivity contribution in [1.29, 1.82) is 0 Å². The van der Waals surface area contributed by atoms with Gasteiger partial charge >= 0.3 is 0 Å². The van der Waals surface area contributed by atoms with Gasteiger partial charge in [0.15, 0.2) is 0 Å². The second kappa shape index (κ2) is 4.84. The lowest BCUT2D eigenvalue weighted by atomic mass is 9.48. The van der Waals surface area contributed by atoms with E-state index in [1.807, 2.05) is 0 Å². The van der Waals surface area contributed by atoms with Crippen molar-refractivity contribution in [2.24, 2.45) is 28.3 Å². The number of benzene rings is 1. The molecule has 116 valence electrons. The Labute approximate surface area is 133 Å². The van der Waals surface area contributed by atoms with Gasteiger partial charge in [-0.1, -0.05) is 30.3 Å². The zero-order chi connectivity index (χ0) is 14.6. The summed E-state index contributed by atoms with van der Waals surface area (Å²) in [4.78, 5) is 0. The summed E-state index contributed by atoms with van der Waals surface area (Å²) in [6.07, 6.45) is 11.5. The number of nitrogens with one attached hydrogen (secondary N) is 1.